The van der Waals surface area contributed by atoms with Gasteiger partial charge in [-0.3, -0.25) is 4.79 Å². The second kappa shape index (κ2) is 4.65. The smallest absolute Gasteiger partial charge is 0.227 e. The highest BCUT2D eigenvalue weighted by Gasteiger charge is 2.13. The van der Waals surface area contributed by atoms with E-state index >= 15 is 0 Å². The Morgan fingerprint density at radius 3 is 2.50 bits per heavy atom. The second-order valence-corrected chi connectivity index (χ2v) is 3.21. The van der Waals surface area contributed by atoms with Crippen LogP contribution in [0, 0.1) is 0 Å². The standard InChI is InChI=1S/C11H15NO2/c1-3-12-11(14)8(2)9-4-6-10(13)7-5-9/h4-8,13H,3H2,1-2H3,(H,12,14)/t8-/m0/s1. The summed E-state index contributed by atoms with van der Waals surface area (Å²) in [4.78, 5) is 11.5. The molecule has 0 heterocycles. The topological polar surface area (TPSA) is 49.3 Å². The van der Waals surface area contributed by atoms with Crippen LogP contribution >= 0.6 is 0 Å². The third-order valence-electron chi connectivity index (χ3n) is 2.14. The number of hydrogen-bond acceptors (Lipinski definition) is 2. The third kappa shape index (κ3) is 2.49. The molecule has 1 aromatic rings. The minimum atomic E-state index is -0.171. The van der Waals surface area contributed by atoms with Crippen LogP contribution in [0.2, 0.25) is 0 Å². The number of carbonyl (C=O) groups is 1. The largest absolute Gasteiger partial charge is 0.508 e. The fourth-order valence-electron chi connectivity index (χ4n) is 1.24. The fourth-order valence-corrected chi connectivity index (χ4v) is 1.24. The number of amides is 1. The van der Waals surface area contributed by atoms with Crippen molar-refractivity contribution in [1.29, 1.82) is 0 Å². The van der Waals surface area contributed by atoms with Crippen LogP contribution in [0.4, 0.5) is 0 Å². The summed E-state index contributed by atoms with van der Waals surface area (Å²) in [6, 6.07) is 6.70. The lowest BCUT2D eigenvalue weighted by atomic mass is 10.0. The van der Waals surface area contributed by atoms with Gasteiger partial charge in [0.25, 0.3) is 0 Å². The highest BCUT2D eigenvalue weighted by Crippen LogP contribution is 2.18. The molecule has 0 saturated carbocycles. The molecule has 76 valence electrons. The van der Waals surface area contributed by atoms with E-state index in [9.17, 15) is 4.79 Å². The summed E-state index contributed by atoms with van der Waals surface area (Å²) in [6.45, 7) is 4.38. The van der Waals surface area contributed by atoms with E-state index in [1.807, 2.05) is 13.8 Å². The molecular formula is C11H15NO2. The molecule has 0 saturated heterocycles. The summed E-state index contributed by atoms with van der Waals surface area (Å²) in [5, 5.41) is 11.8. The van der Waals surface area contributed by atoms with Gasteiger partial charge in [-0.15, -0.1) is 0 Å². The van der Waals surface area contributed by atoms with Gasteiger partial charge in [0.05, 0.1) is 5.92 Å². The Morgan fingerprint density at radius 1 is 1.43 bits per heavy atom. The van der Waals surface area contributed by atoms with Gasteiger partial charge in [-0.1, -0.05) is 12.1 Å². The Labute approximate surface area is 83.8 Å². The molecule has 1 rings (SSSR count). The lowest BCUT2D eigenvalue weighted by Crippen LogP contribution is -2.27. The fraction of sp³-hybridized carbons (Fsp3) is 0.364. The van der Waals surface area contributed by atoms with E-state index < -0.39 is 0 Å². The molecule has 0 unspecified atom stereocenters. The molecule has 0 spiro atoms. The van der Waals surface area contributed by atoms with Crippen molar-refractivity contribution in [3.05, 3.63) is 29.8 Å². The van der Waals surface area contributed by atoms with Crippen LogP contribution in [0.15, 0.2) is 24.3 Å². The van der Waals surface area contributed by atoms with Crippen molar-refractivity contribution in [3.63, 3.8) is 0 Å². The van der Waals surface area contributed by atoms with Gasteiger partial charge in [0, 0.05) is 6.54 Å². The number of phenolic OH excluding ortho intramolecular Hbond substituents is 1. The van der Waals surface area contributed by atoms with Gasteiger partial charge in [0.15, 0.2) is 0 Å². The molecule has 3 heteroatoms. The summed E-state index contributed by atoms with van der Waals surface area (Å²) in [7, 11) is 0. The average Bonchev–Trinajstić information content (AvgIpc) is 2.18. The van der Waals surface area contributed by atoms with Crippen molar-refractivity contribution >= 4 is 5.91 Å². The van der Waals surface area contributed by atoms with Crippen molar-refractivity contribution in [2.75, 3.05) is 6.54 Å². The SMILES string of the molecule is CCNC(=O)[C@@H](C)c1ccc(O)cc1. The van der Waals surface area contributed by atoms with Gasteiger partial charge in [0.1, 0.15) is 5.75 Å². The molecule has 14 heavy (non-hydrogen) atoms. The zero-order valence-corrected chi connectivity index (χ0v) is 8.45. The summed E-state index contributed by atoms with van der Waals surface area (Å²) < 4.78 is 0. The van der Waals surface area contributed by atoms with Crippen molar-refractivity contribution in [1.82, 2.24) is 5.32 Å². The maximum atomic E-state index is 11.5. The molecule has 0 aromatic heterocycles. The minimum absolute atomic E-state index is 0.0122. The first-order valence-corrected chi connectivity index (χ1v) is 4.71. The van der Waals surface area contributed by atoms with E-state index in [4.69, 9.17) is 5.11 Å². The zero-order chi connectivity index (χ0) is 10.6. The van der Waals surface area contributed by atoms with E-state index in [-0.39, 0.29) is 17.6 Å². The van der Waals surface area contributed by atoms with Crippen LogP contribution < -0.4 is 5.32 Å². The van der Waals surface area contributed by atoms with Gasteiger partial charge in [-0.05, 0) is 31.5 Å². The maximum Gasteiger partial charge on any atom is 0.227 e. The van der Waals surface area contributed by atoms with E-state index in [0.29, 0.717) is 6.54 Å². The van der Waals surface area contributed by atoms with Crippen LogP contribution in [0.25, 0.3) is 0 Å². The van der Waals surface area contributed by atoms with Gasteiger partial charge < -0.3 is 10.4 Å². The number of phenols is 1. The van der Waals surface area contributed by atoms with Crippen LogP contribution in [-0.4, -0.2) is 17.6 Å². The average molecular weight is 193 g/mol. The Kier molecular flexibility index (Phi) is 3.51. The maximum absolute atomic E-state index is 11.5. The molecule has 0 aliphatic rings. The van der Waals surface area contributed by atoms with E-state index in [2.05, 4.69) is 5.32 Å². The molecule has 2 N–H and O–H groups in total. The molecule has 0 aliphatic heterocycles. The minimum Gasteiger partial charge on any atom is -0.508 e. The monoisotopic (exact) mass is 193 g/mol. The van der Waals surface area contributed by atoms with E-state index in [1.54, 1.807) is 24.3 Å². The number of nitrogens with one attached hydrogen (secondary N) is 1. The van der Waals surface area contributed by atoms with Crippen molar-refractivity contribution in [2.45, 2.75) is 19.8 Å². The van der Waals surface area contributed by atoms with Crippen molar-refractivity contribution in [3.8, 4) is 5.75 Å². The second-order valence-electron chi connectivity index (χ2n) is 3.21. The quantitative estimate of drug-likeness (QED) is 0.766. The van der Waals surface area contributed by atoms with Gasteiger partial charge in [-0.25, -0.2) is 0 Å². The summed E-state index contributed by atoms with van der Waals surface area (Å²) in [6.07, 6.45) is 0. The van der Waals surface area contributed by atoms with Gasteiger partial charge in [0.2, 0.25) is 5.91 Å². The number of aromatic hydroxyl groups is 1. The molecule has 0 radical (unpaired) electrons. The van der Waals surface area contributed by atoms with Gasteiger partial charge in [-0.2, -0.15) is 0 Å². The Morgan fingerprint density at radius 2 is 2.00 bits per heavy atom. The number of benzene rings is 1. The predicted molar refractivity (Wildman–Crippen MR) is 55.2 cm³/mol. The number of likely N-dealkylation sites (N-methyl/N-ethyl adjacent to an activating group) is 1. The normalized spacial score (nSPS) is 12.1. The molecule has 3 nitrogen and oxygen atoms in total. The van der Waals surface area contributed by atoms with Crippen LogP contribution in [0.5, 0.6) is 5.75 Å². The molecule has 0 fully saturated rings. The Bertz CT molecular complexity index is 306. The van der Waals surface area contributed by atoms with Crippen molar-refractivity contribution in [2.24, 2.45) is 0 Å². The number of carbonyl (C=O) groups excluding carboxylic acids is 1. The molecular weight excluding hydrogens is 178 g/mol. The highest BCUT2D eigenvalue weighted by atomic mass is 16.3. The van der Waals surface area contributed by atoms with E-state index in [1.165, 1.54) is 0 Å². The first kappa shape index (κ1) is 10.6. The van der Waals surface area contributed by atoms with Crippen LogP contribution in [0.3, 0.4) is 0 Å². The van der Waals surface area contributed by atoms with E-state index in [0.717, 1.165) is 5.56 Å². The number of hydrogen-bond donors (Lipinski definition) is 2. The third-order valence-corrected chi connectivity index (χ3v) is 2.14. The molecule has 0 bridgehead atoms. The first-order chi connectivity index (χ1) is 6.65. The molecule has 1 atom stereocenters. The summed E-state index contributed by atoms with van der Waals surface area (Å²) in [5.41, 5.74) is 0.911. The van der Waals surface area contributed by atoms with Crippen LogP contribution in [0.1, 0.15) is 25.3 Å². The zero-order valence-electron chi connectivity index (χ0n) is 8.45. The molecule has 1 aromatic carbocycles. The van der Waals surface area contributed by atoms with Gasteiger partial charge >= 0.3 is 0 Å². The van der Waals surface area contributed by atoms with Crippen molar-refractivity contribution < 1.29 is 9.90 Å². The lowest BCUT2D eigenvalue weighted by molar-refractivity contribution is -0.122. The Balaban J connectivity index is 2.73. The summed E-state index contributed by atoms with van der Waals surface area (Å²) >= 11 is 0. The first-order valence-electron chi connectivity index (χ1n) is 4.71. The molecule has 0 aliphatic carbocycles. The molecule has 1 amide bonds. The number of rotatable bonds is 3. The summed E-state index contributed by atoms with van der Waals surface area (Å²) in [5.74, 6) is 0.0607. The highest BCUT2D eigenvalue weighted by molar-refractivity contribution is 5.83. The predicted octanol–water partition coefficient (Wildman–Crippen LogP) is 1.63. The Hall–Kier alpha value is -1.51. The lowest BCUT2D eigenvalue weighted by Gasteiger charge is -2.11. The van der Waals surface area contributed by atoms with Crippen LogP contribution in [-0.2, 0) is 4.79 Å².